The highest BCUT2D eigenvalue weighted by Gasteiger charge is 2.18. The molecule has 0 saturated heterocycles. The predicted molar refractivity (Wildman–Crippen MR) is 322 cm³/mol. The Kier molecular flexibility index (Phi) is 63.2. The van der Waals surface area contributed by atoms with Crippen LogP contribution in [0.4, 0.5) is 0 Å². The third-order valence-electron chi connectivity index (χ3n) is 15.9. The van der Waals surface area contributed by atoms with E-state index >= 15 is 0 Å². The van der Waals surface area contributed by atoms with Gasteiger partial charge in [-0.3, -0.25) is 4.79 Å². The van der Waals surface area contributed by atoms with Crippen LogP contribution in [0.1, 0.15) is 386 Å². The van der Waals surface area contributed by atoms with Crippen LogP contribution in [-0.4, -0.2) is 34.9 Å². The van der Waals surface area contributed by atoms with Crippen LogP contribution in [0.3, 0.4) is 0 Å². The monoisotopic (exact) mass is 1010 g/mol. The van der Waals surface area contributed by atoms with Gasteiger partial charge in [0.2, 0.25) is 5.91 Å². The van der Waals surface area contributed by atoms with Crippen molar-refractivity contribution >= 4 is 5.91 Å². The van der Waals surface area contributed by atoms with E-state index in [0.717, 1.165) is 32.1 Å². The molecule has 0 aromatic heterocycles. The molecule has 428 valence electrons. The molecule has 0 heterocycles. The van der Waals surface area contributed by atoms with Gasteiger partial charge in [0, 0.05) is 6.42 Å². The van der Waals surface area contributed by atoms with Crippen LogP contribution in [0, 0.1) is 0 Å². The van der Waals surface area contributed by atoms with Gasteiger partial charge in [0.05, 0.1) is 18.8 Å². The van der Waals surface area contributed by atoms with E-state index in [1.165, 1.54) is 334 Å². The molecule has 2 unspecified atom stereocenters. The van der Waals surface area contributed by atoms with Gasteiger partial charge in [-0.15, -0.1) is 0 Å². The Morgan fingerprint density at radius 2 is 0.542 bits per heavy atom. The highest BCUT2D eigenvalue weighted by atomic mass is 16.3. The average molecular weight is 1010 g/mol. The third kappa shape index (κ3) is 59.7. The minimum absolute atomic E-state index is 0.0649. The molecule has 4 heteroatoms. The molecule has 0 aromatic carbocycles. The van der Waals surface area contributed by atoms with Crippen molar-refractivity contribution in [1.29, 1.82) is 0 Å². The Bertz CT molecular complexity index is 1060. The van der Waals surface area contributed by atoms with E-state index < -0.39 is 12.1 Å². The first kappa shape index (κ1) is 70.9. The fourth-order valence-corrected chi connectivity index (χ4v) is 10.8. The van der Waals surface area contributed by atoms with Crippen molar-refractivity contribution in [3.8, 4) is 0 Å². The van der Waals surface area contributed by atoms with Gasteiger partial charge >= 0.3 is 0 Å². The number of carbonyl (C=O) groups is 1. The number of hydrogen-bond donors (Lipinski definition) is 3. The summed E-state index contributed by atoms with van der Waals surface area (Å²) < 4.78 is 0. The number of unbranched alkanes of at least 4 members (excludes halogenated alkanes) is 54. The number of rotatable bonds is 63. The summed E-state index contributed by atoms with van der Waals surface area (Å²) in [7, 11) is 0. The molecule has 2 atom stereocenters. The van der Waals surface area contributed by atoms with Crippen LogP contribution in [-0.2, 0) is 4.79 Å². The first-order valence-electron chi connectivity index (χ1n) is 33.6. The molecule has 72 heavy (non-hydrogen) atoms. The Labute approximate surface area is 453 Å². The van der Waals surface area contributed by atoms with Crippen molar-refractivity contribution in [1.82, 2.24) is 5.32 Å². The highest BCUT2D eigenvalue weighted by molar-refractivity contribution is 5.76. The fourth-order valence-electron chi connectivity index (χ4n) is 10.8. The first-order valence-corrected chi connectivity index (χ1v) is 33.6. The molecule has 3 N–H and O–H groups in total. The third-order valence-corrected chi connectivity index (χ3v) is 15.9. The first-order chi connectivity index (χ1) is 35.7. The topological polar surface area (TPSA) is 69.6 Å². The van der Waals surface area contributed by atoms with Gasteiger partial charge in [0.1, 0.15) is 0 Å². The lowest BCUT2D eigenvalue weighted by molar-refractivity contribution is -0.123. The lowest BCUT2D eigenvalue weighted by Gasteiger charge is -2.19. The highest BCUT2D eigenvalue weighted by Crippen LogP contribution is 2.19. The standard InChI is InChI=1S/C68H133NO3/c1-3-5-7-9-11-13-15-17-19-21-23-25-27-28-29-30-31-32-33-34-35-36-37-38-39-40-41-42-44-46-48-50-52-54-56-58-60-62-64-68(72)69-66(65-70)67(71)63-61-59-57-55-53-51-49-47-45-43-26-24-22-20-18-16-14-12-10-8-6-4-2/h53,55,61,63,66-67,70-71H,3-52,54,56-60,62,64-65H2,1-2H3,(H,69,72)/b55-53+,63-61+. The zero-order valence-electron chi connectivity index (χ0n) is 49.5. The predicted octanol–water partition coefficient (Wildman–Crippen LogP) is 22.6. The Morgan fingerprint density at radius 1 is 0.319 bits per heavy atom. The van der Waals surface area contributed by atoms with Crippen LogP contribution < -0.4 is 5.32 Å². The Morgan fingerprint density at radius 3 is 0.806 bits per heavy atom. The van der Waals surface area contributed by atoms with Crippen LogP contribution in [0.15, 0.2) is 24.3 Å². The lowest BCUT2D eigenvalue weighted by Crippen LogP contribution is -2.45. The van der Waals surface area contributed by atoms with Crippen molar-refractivity contribution in [3.05, 3.63) is 24.3 Å². The van der Waals surface area contributed by atoms with Crippen LogP contribution in [0.2, 0.25) is 0 Å². The second-order valence-electron chi connectivity index (χ2n) is 23.2. The fraction of sp³-hybridized carbons (Fsp3) is 0.926. The van der Waals surface area contributed by atoms with Crippen molar-refractivity contribution in [2.75, 3.05) is 6.61 Å². The molecule has 1 amide bonds. The van der Waals surface area contributed by atoms with Gasteiger partial charge < -0.3 is 15.5 Å². The molecule has 0 aromatic rings. The summed E-state index contributed by atoms with van der Waals surface area (Å²) >= 11 is 0. The van der Waals surface area contributed by atoms with E-state index in [9.17, 15) is 15.0 Å². The zero-order valence-corrected chi connectivity index (χ0v) is 49.5. The van der Waals surface area contributed by atoms with Gasteiger partial charge in [-0.1, -0.05) is 372 Å². The molecule has 0 bridgehead atoms. The zero-order chi connectivity index (χ0) is 52.0. The Hall–Kier alpha value is -1.13. The van der Waals surface area contributed by atoms with E-state index in [0.29, 0.717) is 6.42 Å². The van der Waals surface area contributed by atoms with Gasteiger partial charge in [-0.05, 0) is 32.1 Å². The number of aliphatic hydroxyl groups excluding tert-OH is 2. The summed E-state index contributed by atoms with van der Waals surface area (Å²) in [6.07, 6.45) is 87.0. The molecule has 0 aliphatic heterocycles. The SMILES string of the molecule is CCCCCCCCCCCCCCCCCC/C=C/CC/C=C/C(O)C(CO)NC(=O)CCCCCCCCCCCCCCCCCCCCCCCCCCCCCCCCCCCCCCCC. The molecule has 0 spiro atoms. The number of nitrogens with one attached hydrogen (secondary N) is 1. The quantitative estimate of drug-likeness (QED) is 0.0420. The van der Waals surface area contributed by atoms with E-state index in [4.69, 9.17) is 0 Å². The van der Waals surface area contributed by atoms with Crippen LogP contribution >= 0.6 is 0 Å². The lowest BCUT2D eigenvalue weighted by atomic mass is 10.0. The number of carbonyl (C=O) groups excluding carboxylic acids is 1. The van der Waals surface area contributed by atoms with Crippen molar-refractivity contribution in [2.24, 2.45) is 0 Å². The summed E-state index contributed by atoms with van der Waals surface area (Å²) in [5.41, 5.74) is 0. The molecular formula is C68H133NO3. The maximum atomic E-state index is 12.5. The van der Waals surface area contributed by atoms with E-state index in [-0.39, 0.29) is 12.5 Å². The number of hydrogen-bond acceptors (Lipinski definition) is 3. The minimum Gasteiger partial charge on any atom is -0.394 e. The molecule has 0 aliphatic carbocycles. The van der Waals surface area contributed by atoms with E-state index in [1.54, 1.807) is 6.08 Å². The normalized spacial score (nSPS) is 12.8. The molecule has 4 nitrogen and oxygen atoms in total. The minimum atomic E-state index is -0.860. The summed E-state index contributed by atoms with van der Waals surface area (Å²) in [5.74, 6) is -0.0649. The second kappa shape index (κ2) is 64.2. The van der Waals surface area contributed by atoms with Gasteiger partial charge in [0.15, 0.2) is 0 Å². The average Bonchev–Trinajstić information content (AvgIpc) is 3.39. The number of amides is 1. The summed E-state index contributed by atoms with van der Waals surface area (Å²) in [6.45, 7) is 4.35. The van der Waals surface area contributed by atoms with E-state index in [1.807, 2.05) is 6.08 Å². The van der Waals surface area contributed by atoms with Crippen molar-refractivity contribution < 1.29 is 15.0 Å². The van der Waals surface area contributed by atoms with E-state index in [2.05, 4.69) is 31.3 Å². The molecule has 0 rings (SSSR count). The van der Waals surface area contributed by atoms with Gasteiger partial charge in [-0.25, -0.2) is 0 Å². The molecule has 0 aliphatic rings. The Balaban J connectivity index is 3.40. The van der Waals surface area contributed by atoms with Crippen LogP contribution in [0.25, 0.3) is 0 Å². The van der Waals surface area contributed by atoms with Gasteiger partial charge in [-0.2, -0.15) is 0 Å². The summed E-state index contributed by atoms with van der Waals surface area (Å²) in [6, 6.07) is -0.637. The number of allylic oxidation sites excluding steroid dienone is 3. The van der Waals surface area contributed by atoms with Crippen LogP contribution in [0.5, 0.6) is 0 Å². The van der Waals surface area contributed by atoms with Gasteiger partial charge in [0.25, 0.3) is 0 Å². The maximum Gasteiger partial charge on any atom is 0.220 e. The second-order valence-corrected chi connectivity index (χ2v) is 23.2. The number of aliphatic hydroxyl groups is 2. The smallest absolute Gasteiger partial charge is 0.220 e. The van der Waals surface area contributed by atoms with Crippen molar-refractivity contribution in [2.45, 2.75) is 398 Å². The largest absolute Gasteiger partial charge is 0.394 e. The summed E-state index contributed by atoms with van der Waals surface area (Å²) in [4.78, 5) is 12.5. The molecular weight excluding hydrogens is 879 g/mol. The van der Waals surface area contributed by atoms with Crippen molar-refractivity contribution in [3.63, 3.8) is 0 Å². The molecule has 0 radical (unpaired) electrons. The molecule has 0 saturated carbocycles. The molecule has 0 fully saturated rings. The summed E-state index contributed by atoms with van der Waals surface area (Å²) in [5, 5.41) is 23.2. The maximum absolute atomic E-state index is 12.5.